The van der Waals surface area contributed by atoms with Crippen molar-refractivity contribution in [1.82, 2.24) is 10.6 Å². The summed E-state index contributed by atoms with van der Waals surface area (Å²) < 4.78 is 12.2. The first-order chi connectivity index (χ1) is 10.8. The molecule has 1 aromatic heterocycles. The van der Waals surface area contributed by atoms with Crippen LogP contribution in [-0.4, -0.2) is 36.5 Å². The monoisotopic (exact) mass is 404 g/mol. The predicted molar refractivity (Wildman–Crippen MR) is 95.8 cm³/mol. The number of alkyl carbamates (subject to hydrolysis) is 1. The lowest BCUT2D eigenvalue weighted by molar-refractivity contribution is -0.0437. The van der Waals surface area contributed by atoms with Gasteiger partial charge in [0.2, 0.25) is 0 Å². The second-order valence-corrected chi connectivity index (χ2v) is 9.14. The van der Waals surface area contributed by atoms with Crippen LogP contribution in [0.4, 0.5) is 4.79 Å². The van der Waals surface area contributed by atoms with Gasteiger partial charge in [-0.05, 0) is 62.2 Å². The lowest BCUT2D eigenvalue weighted by atomic mass is 9.82. The minimum Gasteiger partial charge on any atom is -0.444 e. The van der Waals surface area contributed by atoms with Crippen LogP contribution in [-0.2, 0) is 16.0 Å². The van der Waals surface area contributed by atoms with Gasteiger partial charge in [-0.15, -0.1) is 11.3 Å². The third-order valence-corrected chi connectivity index (χ3v) is 5.17. The first-order valence-electron chi connectivity index (χ1n) is 7.87. The third-order valence-electron chi connectivity index (χ3n) is 3.54. The summed E-state index contributed by atoms with van der Waals surface area (Å²) >= 11 is 5.18. The molecule has 0 saturated heterocycles. The van der Waals surface area contributed by atoms with Crippen LogP contribution >= 0.6 is 27.3 Å². The molecule has 3 atom stereocenters. The van der Waals surface area contributed by atoms with Crippen molar-refractivity contribution < 1.29 is 14.3 Å². The molecule has 2 rings (SSSR count). The Morgan fingerprint density at radius 2 is 2.17 bits per heavy atom. The fourth-order valence-electron chi connectivity index (χ4n) is 2.54. The first kappa shape index (κ1) is 18.7. The van der Waals surface area contributed by atoms with Gasteiger partial charge < -0.3 is 20.1 Å². The van der Waals surface area contributed by atoms with Crippen LogP contribution < -0.4 is 10.6 Å². The Kier molecular flexibility index (Phi) is 6.48. The van der Waals surface area contributed by atoms with Crippen molar-refractivity contribution in [3.05, 3.63) is 20.8 Å². The van der Waals surface area contributed by atoms with E-state index in [1.807, 2.05) is 33.8 Å². The molecule has 1 aliphatic rings. The molecule has 0 spiro atoms. The lowest BCUT2D eigenvalue weighted by Crippen LogP contribution is -2.66. The highest BCUT2D eigenvalue weighted by Crippen LogP contribution is 2.27. The summed E-state index contributed by atoms with van der Waals surface area (Å²) in [5, 5.41) is 6.44. The average Bonchev–Trinajstić information content (AvgIpc) is 2.81. The van der Waals surface area contributed by atoms with E-state index in [9.17, 15) is 4.79 Å². The van der Waals surface area contributed by atoms with Crippen molar-refractivity contribution in [3.8, 4) is 0 Å². The lowest BCUT2D eigenvalue weighted by Gasteiger charge is -2.44. The Morgan fingerprint density at radius 3 is 2.74 bits per heavy atom. The highest BCUT2D eigenvalue weighted by Gasteiger charge is 2.42. The Labute approximate surface area is 150 Å². The quantitative estimate of drug-likeness (QED) is 0.758. The summed E-state index contributed by atoms with van der Waals surface area (Å²) in [6.07, 6.45) is 0.560. The number of thiophene rings is 1. The minimum absolute atomic E-state index is 0.0322. The van der Waals surface area contributed by atoms with Gasteiger partial charge >= 0.3 is 6.09 Å². The molecule has 0 bridgehead atoms. The number of hydrogen-bond acceptors (Lipinski definition) is 5. The fourth-order valence-corrected chi connectivity index (χ4v) is 3.97. The van der Waals surface area contributed by atoms with Gasteiger partial charge in [0.15, 0.2) is 0 Å². The van der Waals surface area contributed by atoms with Gasteiger partial charge in [-0.1, -0.05) is 0 Å². The normalized spacial score (nSPS) is 24.1. The Bertz CT molecular complexity index is 530. The zero-order chi connectivity index (χ0) is 17.0. The molecule has 23 heavy (non-hydrogen) atoms. The smallest absolute Gasteiger partial charge is 0.407 e. The Morgan fingerprint density at radius 1 is 1.43 bits per heavy atom. The summed E-state index contributed by atoms with van der Waals surface area (Å²) in [6.45, 7) is 9.01. The summed E-state index contributed by atoms with van der Waals surface area (Å²) in [5.41, 5.74) is -0.487. The molecule has 3 unspecified atom stereocenters. The van der Waals surface area contributed by atoms with Crippen molar-refractivity contribution >= 4 is 33.4 Å². The van der Waals surface area contributed by atoms with E-state index < -0.39 is 5.60 Å². The summed E-state index contributed by atoms with van der Waals surface area (Å²) in [6, 6.07) is 4.26. The van der Waals surface area contributed by atoms with Crippen LogP contribution in [0.5, 0.6) is 0 Å². The number of carbonyl (C=O) groups is 1. The van der Waals surface area contributed by atoms with E-state index in [-0.39, 0.29) is 24.3 Å². The van der Waals surface area contributed by atoms with Crippen LogP contribution in [0.2, 0.25) is 0 Å². The van der Waals surface area contributed by atoms with Crippen LogP contribution in [0.25, 0.3) is 0 Å². The van der Waals surface area contributed by atoms with E-state index in [0.29, 0.717) is 6.61 Å². The highest BCUT2D eigenvalue weighted by molar-refractivity contribution is 9.11. The summed E-state index contributed by atoms with van der Waals surface area (Å²) in [5.74, 6) is 0. The minimum atomic E-state index is -0.487. The van der Waals surface area contributed by atoms with E-state index in [2.05, 4.69) is 32.6 Å². The average molecular weight is 405 g/mol. The summed E-state index contributed by atoms with van der Waals surface area (Å²) in [7, 11) is 0. The van der Waals surface area contributed by atoms with E-state index in [1.54, 1.807) is 11.3 Å². The molecule has 2 N–H and O–H groups in total. The van der Waals surface area contributed by atoms with Crippen molar-refractivity contribution in [2.75, 3.05) is 6.61 Å². The van der Waals surface area contributed by atoms with E-state index in [1.165, 1.54) is 4.88 Å². The van der Waals surface area contributed by atoms with Crippen LogP contribution in [0.1, 0.15) is 39.0 Å². The molecule has 0 aliphatic heterocycles. The first-order valence-corrected chi connectivity index (χ1v) is 9.48. The van der Waals surface area contributed by atoms with Gasteiger partial charge in [0.25, 0.3) is 0 Å². The van der Waals surface area contributed by atoms with Crippen molar-refractivity contribution in [1.29, 1.82) is 0 Å². The third kappa shape index (κ3) is 5.74. The number of halogens is 1. The number of rotatable bonds is 6. The molecule has 7 heteroatoms. The van der Waals surface area contributed by atoms with E-state index in [0.717, 1.165) is 16.8 Å². The van der Waals surface area contributed by atoms with Crippen LogP contribution in [0, 0.1) is 0 Å². The molecule has 130 valence electrons. The van der Waals surface area contributed by atoms with E-state index >= 15 is 0 Å². The zero-order valence-electron chi connectivity index (χ0n) is 14.0. The van der Waals surface area contributed by atoms with Gasteiger partial charge in [-0.2, -0.15) is 0 Å². The number of ether oxygens (including phenoxy) is 2. The van der Waals surface area contributed by atoms with Gasteiger partial charge in [-0.3, -0.25) is 0 Å². The number of carbonyl (C=O) groups excluding carboxylic acids is 1. The second kappa shape index (κ2) is 7.96. The SMILES string of the molecule is CCOC1CC(NC(=O)OC(C)(C)C)C1NCc1ccc(Br)s1. The molecule has 0 radical (unpaired) electrons. The highest BCUT2D eigenvalue weighted by atomic mass is 79.9. The van der Waals surface area contributed by atoms with Gasteiger partial charge in [0.1, 0.15) is 5.60 Å². The van der Waals surface area contributed by atoms with Crippen molar-refractivity contribution in [2.24, 2.45) is 0 Å². The van der Waals surface area contributed by atoms with Crippen LogP contribution in [0.3, 0.4) is 0 Å². The van der Waals surface area contributed by atoms with Crippen molar-refractivity contribution in [3.63, 3.8) is 0 Å². The topological polar surface area (TPSA) is 59.6 Å². The standard InChI is InChI=1S/C16H25BrN2O3S/c1-5-21-12-8-11(19-15(20)22-16(2,3)4)14(12)18-9-10-6-7-13(17)23-10/h6-7,11-12,14,18H,5,8-9H2,1-4H3,(H,19,20). The van der Waals surface area contributed by atoms with Crippen LogP contribution in [0.15, 0.2) is 15.9 Å². The molecule has 1 fully saturated rings. The van der Waals surface area contributed by atoms with Gasteiger partial charge in [0.05, 0.1) is 22.0 Å². The van der Waals surface area contributed by atoms with E-state index in [4.69, 9.17) is 9.47 Å². The molecular weight excluding hydrogens is 380 g/mol. The molecule has 1 aliphatic carbocycles. The van der Waals surface area contributed by atoms with Crippen molar-refractivity contribution in [2.45, 2.75) is 64.4 Å². The summed E-state index contributed by atoms with van der Waals surface area (Å²) in [4.78, 5) is 13.2. The maximum atomic E-state index is 11.9. The second-order valence-electron chi connectivity index (χ2n) is 6.59. The molecule has 1 heterocycles. The molecule has 1 aromatic rings. The fraction of sp³-hybridized carbons (Fsp3) is 0.688. The maximum absolute atomic E-state index is 11.9. The largest absolute Gasteiger partial charge is 0.444 e. The molecule has 5 nitrogen and oxygen atoms in total. The zero-order valence-corrected chi connectivity index (χ0v) is 16.4. The van der Waals surface area contributed by atoms with Gasteiger partial charge in [0, 0.05) is 18.0 Å². The molecular formula is C16H25BrN2O3S. The predicted octanol–water partition coefficient (Wildman–Crippen LogP) is 3.67. The number of hydrogen-bond donors (Lipinski definition) is 2. The number of nitrogens with one attached hydrogen (secondary N) is 2. The maximum Gasteiger partial charge on any atom is 0.407 e. The Balaban J connectivity index is 1.87. The molecule has 1 amide bonds. The molecule has 0 aromatic carbocycles. The Hall–Kier alpha value is -0.630. The number of amides is 1. The molecule has 1 saturated carbocycles. The van der Waals surface area contributed by atoms with Gasteiger partial charge in [-0.25, -0.2) is 4.79 Å².